The van der Waals surface area contributed by atoms with E-state index < -0.39 is 18.7 Å². The van der Waals surface area contributed by atoms with E-state index in [1.807, 2.05) is 6.08 Å². The largest absolute Gasteiger partial charge is 0.393 e. The average Bonchev–Trinajstić information content (AvgIpc) is 3.08. The van der Waals surface area contributed by atoms with Gasteiger partial charge in [-0.3, -0.25) is 0 Å². The lowest BCUT2D eigenvalue weighted by molar-refractivity contribution is 0.0862. The molecule has 3 aliphatic rings. The lowest BCUT2D eigenvalue weighted by Gasteiger charge is -2.44. The van der Waals surface area contributed by atoms with Crippen LogP contribution in [0.4, 0.5) is 0 Å². The molecule has 0 saturated heterocycles. The van der Waals surface area contributed by atoms with Crippen LogP contribution in [0.1, 0.15) is 83.7 Å². The van der Waals surface area contributed by atoms with Crippen molar-refractivity contribution in [1.29, 1.82) is 0 Å². The van der Waals surface area contributed by atoms with Gasteiger partial charge in [0.25, 0.3) is 0 Å². The first-order valence-electron chi connectivity index (χ1n) is 13.6. The van der Waals surface area contributed by atoms with Crippen LogP contribution in [-0.2, 0) is 0 Å². The predicted octanol–water partition coefficient (Wildman–Crippen LogP) is 6.61. The third kappa shape index (κ3) is 4.86. The van der Waals surface area contributed by atoms with E-state index in [2.05, 4.69) is 46.8 Å². The standard InChI is InChI=1S/C28H44O2/c1-18(2)19(3)9-10-20(4)25-13-14-26-22(8-7-15-28(25,26)6)11-12-23-16-24(29)17-27(30)21(23)5/h9-12,18-20,24-27,29-30H,5,7-8,13-17H2,1-4,6H3/b10-9+,22-11+,23-12-/t19-,20+,24+,25+,26-,27-,28+/m0/s1/i5D2,12D. The van der Waals surface area contributed by atoms with Gasteiger partial charge >= 0.3 is 0 Å². The van der Waals surface area contributed by atoms with E-state index in [1.165, 1.54) is 18.4 Å². The zero-order valence-electron chi connectivity index (χ0n) is 22.6. The highest BCUT2D eigenvalue weighted by Gasteiger charge is 2.50. The van der Waals surface area contributed by atoms with Crippen molar-refractivity contribution >= 4 is 0 Å². The fourth-order valence-electron chi connectivity index (χ4n) is 6.15. The van der Waals surface area contributed by atoms with Crippen LogP contribution >= 0.6 is 0 Å². The van der Waals surface area contributed by atoms with Gasteiger partial charge in [0, 0.05) is 6.42 Å². The highest BCUT2D eigenvalue weighted by Crippen LogP contribution is 2.59. The minimum atomic E-state index is -1.04. The molecule has 2 N–H and O–H groups in total. The first kappa shape index (κ1) is 19.6. The van der Waals surface area contributed by atoms with Gasteiger partial charge in [0.05, 0.1) is 16.3 Å². The molecule has 0 amide bonds. The van der Waals surface area contributed by atoms with Crippen molar-refractivity contribution in [2.24, 2.45) is 35.0 Å². The van der Waals surface area contributed by atoms with Gasteiger partial charge in [0.2, 0.25) is 0 Å². The van der Waals surface area contributed by atoms with E-state index in [-0.39, 0.29) is 29.9 Å². The summed E-state index contributed by atoms with van der Waals surface area (Å²) in [5.41, 5.74) is 2.21. The summed E-state index contributed by atoms with van der Waals surface area (Å²) in [4.78, 5) is 0. The molecule has 3 aliphatic carbocycles. The predicted molar refractivity (Wildman–Crippen MR) is 127 cm³/mol. The van der Waals surface area contributed by atoms with E-state index in [1.54, 1.807) is 0 Å². The molecule has 0 aliphatic heterocycles. The summed E-state index contributed by atoms with van der Waals surface area (Å²) in [7, 11) is 0. The molecule has 7 atom stereocenters. The van der Waals surface area contributed by atoms with Crippen molar-refractivity contribution in [1.82, 2.24) is 0 Å². The van der Waals surface area contributed by atoms with Gasteiger partial charge in [-0.25, -0.2) is 0 Å². The second kappa shape index (κ2) is 9.57. The SMILES string of the molecule is [2H]C([2H])=C1/C(=C([2H])\C=C2/CCC[C@]3(C)[C@@H]([C@H](C)/C=C/[C@H](C)C(C)C)CC[C@@H]23)C[C@@H](O)C[C@@H]1O. The number of aliphatic hydroxyl groups is 2. The Hall–Kier alpha value is -1.12. The van der Waals surface area contributed by atoms with E-state index in [0.29, 0.717) is 35.2 Å². The number of hydrogen-bond donors (Lipinski definition) is 2. The van der Waals surface area contributed by atoms with E-state index in [9.17, 15) is 10.2 Å². The summed E-state index contributed by atoms with van der Waals surface area (Å²) >= 11 is 0. The Kier molecular flexibility index (Phi) is 6.24. The smallest absolute Gasteiger partial charge is 0.0811 e. The zero-order chi connectivity index (χ0) is 24.5. The van der Waals surface area contributed by atoms with Crippen molar-refractivity contribution < 1.29 is 14.3 Å². The maximum absolute atomic E-state index is 10.3. The van der Waals surface area contributed by atoms with Crippen molar-refractivity contribution in [3.05, 3.63) is 47.5 Å². The molecule has 0 aromatic rings. The van der Waals surface area contributed by atoms with E-state index in [4.69, 9.17) is 4.11 Å². The van der Waals surface area contributed by atoms with Crippen LogP contribution in [-0.4, -0.2) is 22.4 Å². The Morgan fingerprint density at radius 2 is 1.97 bits per heavy atom. The van der Waals surface area contributed by atoms with Gasteiger partial charge in [-0.05, 0) is 84.7 Å². The molecule has 2 nitrogen and oxygen atoms in total. The van der Waals surface area contributed by atoms with Crippen molar-refractivity contribution in [2.45, 2.75) is 91.8 Å². The number of fused-ring (bicyclic) bond motifs is 1. The normalized spacial score (nSPS) is 41.4. The van der Waals surface area contributed by atoms with Crippen molar-refractivity contribution in [2.75, 3.05) is 0 Å². The minimum absolute atomic E-state index is 0.132. The van der Waals surface area contributed by atoms with Gasteiger partial charge in [-0.2, -0.15) is 0 Å². The van der Waals surface area contributed by atoms with Crippen molar-refractivity contribution in [3.63, 3.8) is 0 Å². The molecule has 0 aromatic heterocycles. The molecule has 3 saturated carbocycles. The second-order valence-electron chi connectivity index (χ2n) is 10.8. The molecule has 0 heterocycles. The molecule has 0 aromatic carbocycles. The van der Waals surface area contributed by atoms with Gasteiger partial charge in [-0.1, -0.05) is 71.0 Å². The maximum Gasteiger partial charge on any atom is 0.0811 e. The van der Waals surface area contributed by atoms with E-state index >= 15 is 0 Å². The molecule has 30 heavy (non-hydrogen) atoms. The van der Waals surface area contributed by atoms with Crippen LogP contribution in [0.15, 0.2) is 47.5 Å². The van der Waals surface area contributed by atoms with Gasteiger partial charge in [0.15, 0.2) is 0 Å². The van der Waals surface area contributed by atoms with Crippen LogP contribution in [0, 0.1) is 35.0 Å². The Morgan fingerprint density at radius 1 is 1.20 bits per heavy atom. The van der Waals surface area contributed by atoms with Crippen LogP contribution in [0.3, 0.4) is 0 Å². The fourth-order valence-corrected chi connectivity index (χ4v) is 6.15. The monoisotopic (exact) mass is 415 g/mol. The van der Waals surface area contributed by atoms with Gasteiger partial charge < -0.3 is 10.2 Å². The Balaban J connectivity index is 1.88. The maximum atomic E-state index is 10.3. The molecule has 3 rings (SSSR count). The first-order chi connectivity index (χ1) is 15.5. The third-order valence-corrected chi connectivity index (χ3v) is 8.47. The lowest BCUT2D eigenvalue weighted by atomic mass is 9.61. The Labute approximate surface area is 189 Å². The lowest BCUT2D eigenvalue weighted by Crippen LogP contribution is -2.35. The molecule has 168 valence electrons. The molecular weight excluding hydrogens is 368 g/mol. The molecule has 0 radical (unpaired) electrons. The molecule has 2 heteroatoms. The fraction of sp³-hybridized carbons (Fsp3) is 0.714. The molecular formula is C28H44O2. The number of aliphatic hydroxyl groups excluding tert-OH is 2. The number of hydrogen-bond acceptors (Lipinski definition) is 2. The van der Waals surface area contributed by atoms with Crippen molar-refractivity contribution in [3.8, 4) is 0 Å². The summed E-state index contributed by atoms with van der Waals surface area (Å²) in [5, 5.41) is 20.5. The van der Waals surface area contributed by atoms with Gasteiger partial charge in [0.1, 0.15) is 0 Å². The van der Waals surface area contributed by atoms with Crippen LogP contribution < -0.4 is 0 Å². The third-order valence-electron chi connectivity index (χ3n) is 8.47. The number of allylic oxidation sites excluding steroid dienone is 5. The summed E-state index contributed by atoms with van der Waals surface area (Å²) in [6.07, 6.45) is 11.0. The summed E-state index contributed by atoms with van der Waals surface area (Å²) in [5.74, 6) is 2.84. The summed E-state index contributed by atoms with van der Waals surface area (Å²) < 4.78 is 24.4. The van der Waals surface area contributed by atoms with Crippen LogP contribution in [0.25, 0.3) is 0 Å². The minimum Gasteiger partial charge on any atom is -0.393 e. The number of rotatable bonds is 5. The van der Waals surface area contributed by atoms with Crippen LogP contribution in [0.5, 0.6) is 0 Å². The molecule has 3 fully saturated rings. The molecule has 0 bridgehead atoms. The van der Waals surface area contributed by atoms with E-state index in [0.717, 1.165) is 19.3 Å². The summed E-state index contributed by atoms with van der Waals surface area (Å²) in [6.45, 7) is 11.2. The Bertz CT molecular complexity index is 836. The molecule has 0 spiro atoms. The van der Waals surface area contributed by atoms with Crippen LogP contribution in [0.2, 0.25) is 0 Å². The topological polar surface area (TPSA) is 40.5 Å². The average molecular weight is 416 g/mol. The molecule has 0 unspecified atom stereocenters. The highest BCUT2D eigenvalue weighted by molar-refractivity contribution is 5.38. The second-order valence-corrected chi connectivity index (χ2v) is 10.8. The quantitative estimate of drug-likeness (QED) is 0.496. The highest BCUT2D eigenvalue weighted by atomic mass is 16.3. The Morgan fingerprint density at radius 3 is 2.67 bits per heavy atom. The zero-order valence-corrected chi connectivity index (χ0v) is 19.6. The summed E-state index contributed by atoms with van der Waals surface area (Å²) in [6, 6.07) is 0.265. The first-order valence-corrected chi connectivity index (χ1v) is 12.1. The van der Waals surface area contributed by atoms with Gasteiger partial charge in [-0.15, -0.1) is 0 Å².